The number of carbonyl (C=O) groups is 1. The molecule has 3 heteroatoms. The van der Waals surface area contributed by atoms with Crippen LogP contribution in [0, 0.1) is 12.8 Å². The van der Waals surface area contributed by atoms with Gasteiger partial charge < -0.3 is 0 Å². The molecule has 3 nitrogen and oxygen atoms in total. The van der Waals surface area contributed by atoms with Crippen LogP contribution in [0.1, 0.15) is 35.8 Å². The first-order chi connectivity index (χ1) is 6.16. The van der Waals surface area contributed by atoms with Gasteiger partial charge >= 0.3 is 0 Å². The van der Waals surface area contributed by atoms with Crippen LogP contribution in [0.3, 0.4) is 0 Å². The molecule has 1 fully saturated rings. The zero-order chi connectivity index (χ0) is 9.42. The molecular formula is C10H14N2O. The van der Waals surface area contributed by atoms with Crippen molar-refractivity contribution < 1.29 is 4.79 Å². The molecule has 13 heavy (non-hydrogen) atoms. The number of rotatable bonds is 3. The Hall–Kier alpha value is -1.12. The molecule has 0 N–H and O–H groups in total. The summed E-state index contributed by atoms with van der Waals surface area (Å²) in [7, 11) is 0. The van der Waals surface area contributed by atoms with Gasteiger partial charge in [0.15, 0.2) is 5.78 Å². The van der Waals surface area contributed by atoms with Gasteiger partial charge in [0.2, 0.25) is 0 Å². The molecule has 0 aliphatic heterocycles. The average molecular weight is 178 g/mol. The van der Waals surface area contributed by atoms with E-state index < -0.39 is 0 Å². The Labute approximate surface area is 77.7 Å². The van der Waals surface area contributed by atoms with E-state index in [1.165, 1.54) is 12.8 Å². The Kier molecular flexibility index (Phi) is 1.94. The molecule has 0 saturated heterocycles. The molecule has 1 saturated carbocycles. The largest absolute Gasteiger partial charge is 0.294 e. The van der Waals surface area contributed by atoms with Crippen LogP contribution in [0.25, 0.3) is 0 Å². The predicted molar refractivity (Wildman–Crippen MR) is 49.7 cm³/mol. The van der Waals surface area contributed by atoms with Gasteiger partial charge in [-0.1, -0.05) is 0 Å². The van der Waals surface area contributed by atoms with Crippen LogP contribution in [0.15, 0.2) is 6.20 Å². The number of aromatic nitrogens is 2. The number of aryl methyl sites for hydroxylation is 1. The van der Waals surface area contributed by atoms with Crippen LogP contribution < -0.4 is 0 Å². The van der Waals surface area contributed by atoms with Gasteiger partial charge in [0.25, 0.3) is 0 Å². The fourth-order valence-corrected chi connectivity index (χ4v) is 1.52. The molecule has 0 amide bonds. The minimum absolute atomic E-state index is 0.111. The monoisotopic (exact) mass is 178 g/mol. The van der Waals surface area contributed by atoms with Crippen molar-refractivity contribution in [1.82, 2.24) is 9.78 Å². The number of carbonyl (C=O) groups excluding carboxylic acids is 1. The summed E-state index contributed by atoms with van der Waals surface area (Å²) in [6, 6.07) is 0. The quantitative estimate of drug-likeness (QED) is 0.661. The Balaban J connectivity index is 2.18. The number of nitrogens with zero attached hydrogens (tertiary/aromatic N) is 2. The smallest absolute Gasteiger partial charge is 0.163 e. The predicted octanol–water partition coefficient (Wildman–Crippen LogP) is 1.80. The van der Waals surface area contributed by atoms with Crippen LogP contribution >= 0.6 is 0 Å². The molecule has 70 valence electrons. The number of hydrogen-bond acceptors (Lipinski definition) is 2. The number of Topliss-reactive ketones (excluding diaryl/α,β-unsaturated/α-hetero) is 1. The fraction of sp³-hybridized carbons (Fsp3) is 0.600. The van der Waals surface area contributed by atoms with Gasteiger partial charge in [-0.3, -0.25) is 9.48 Å². The van der Waals surface area contributed by atoms with E-state index in [1.807, 2.05) is 17.8 Å². The van der Waals surface area contributed by atoms with E-state index in [-0.39, 0.29) is 5.78 Å². The summed E-state index contributed by atoms with van der Waals surface area (Å²) in [4.78, 5) is 11.1. The summed E-state index contributed by atoms with van der Waals surface area (Å²) < 4.78 is 1.91. The summed E-state index contributed by atoms with van der Waals surface area (Å²) in [6.07, 6.45) is 4.50. The standard InChI is InChI=1S/C10H14N2O/c1-7-10(8(2)13)6-12(11-7)5-9-3-4-9/h6,9H,3-5H2,1-2H3. The van der Waals surface area contributed by atoms with Crippen molar-refractivity contribution in [1.29, 1.82) is 0 Å². The lowest BCUT2D eigenvalue weighted by atomic mass is 10.2. The highest BCUT2D eigenvalue weighted by Crippen LogP contribution is 2.30. The second-order valence-corrected chi connectivity index (χ2v) is 3.85. The van der Waals surface area contributed by atoms with Crippen molar-refractivity contribution in [2.75, 3.05) is 0 Å². The van der Waals surface area contributed by atoms with Gasteiger partial charge in [-0.25, -0.2) is 0 Å². The zero-order valence-electron chi connectivity index (χ0n) is 8.08. The molecule has 0 unspecified atom stereocenters. The topological polar surface area (TPSA) is 34.9 Å². The summed E-state index contributed by atoms with van der Waals surface area (Å²) >= 11 is 0. The van der Waals surface area contributed by atoms with E-state index in [2.05, 4.69) is 5.10 Å². The maximum atomic E-state index is 11.1. The number of ketones is 1. The molecule has 1 aliphatic rings. The average Bonchev–Trinajstić information content (AvgIpc) is 2.75. The maximum absolute atomic E-state index is 11.1. The van der Waals surface area contributed by atoms with E-state index in [0.29, 0.717) is 0 Å². The Morgan fingerprint density at radius 3 is 2.85 bits per heavy atom. The molecule has 1 aromatic rings. The second kappa shape index (κ2) is 2.98. The Morgan fingerprint density at radius 2 is 2.38 bits per heavy atom. The van der Waals surface area contributed by atoms with Crippen LogP contribution in [-0.2, 0) is 6.54 Å². The van der Waals surface area contributed by atoms with Crippen molar-refractivity contribution in [2.24, 2.45) is 5.92 Å². The highest BCUT2D eigenvalue weighted by atomic mass is 16.1. The van der Waals surface area contributed by atoms with E-state index in [4.69, 9.17) is 0 Å². The first kappa shape index (κ1) is 8.48. The van der Waals surface area contributed by atoms with Crippen molar-refractivity contribution in [3.8, 4) is 0 Å². The number of hydrogen-bond donors (Lipinski definition) is 0. The van der Waals surface area contributed by atoms with Crippen LogP contribution in [-0.4, -0.2) is 15.6 Å². The van der Waals surface area contributed by atoms with Gasteiger partial charge in [0, 0.05) is 12.7 Å². The second-order valence-electron chi connectivity index (χ2n) is 3.85. The molecule has 2 rings (SSSR count). The van der Waals surface area contributed by atoms with Crippen molar-refractivity contribution in [3.63, 3.8) is 0 Å². The lowest BCUT2D eigenvalue weighted by Crippen LogP contribution is -1.99. The van der Waals surface area contributed by atoms with E-state index in [1.54, 1.807) is 6.92 Å². The first-order valence-electron chi connectivity index (χ1n) is 4.72. The van der Waals surface area contributed by atoms with Gasteiger partial charge in [-0.15, -0.1) is 0 Å². The first-order valence-corrected chi connectivity index (χ1v) is 4.72. The molecule has 0 bridgehead atoms. The van der Waals surface area contributed by atoms with Crippen molar-refractivity contribution in [3.05, 3.63) is 17.5 Å². The lowest BCUT2D eigenvalue weighted by Gasteiger charge is -1.95. The van der Waals surface area contributed by atoms with E-state index >= 15 is 0 Å². The highest BCUT2D eigenvalue weighted by molar-refractivity contribution is 5.94. The highest BCUT2D eigenvalue weighted by Gasteiger charge is 2.22. The third-order valence-corrected chi connectivity index (χ3v) is 2.47. The SMILES string of the molecule is CC(=O)c1cn(CC2CC2)nc1C. The van der Waals surface area contributed by atoms with Gasteiger partial charge in [-0.2, -0.15) is 5.10 Å². The molecule has 0 aromatic carbocycles. The molecule has 1 aromatic heterocycles. The molecule has 1 heterocycles. The lowest BCUT2D eigenvalue weighted by molar-refractivity contribution is 0.101. The summed E-state index contributed by atoms with van der Waals surface area (Å²) in [6.45, 7) is 4.46. The minimum Gasteiger partial charge on any atom is -0.294 e. The Bertz CT molecular complexity index is 337. The van der Waals surface area contributed by atoms with Crippen molar-refractivity contribution >= 4 is 5.78 Å². The molecule has 1 aliphatic carbocycles. The van der Waals surface area contributed by atoms with Crippen LogP contribution in [0.5, 0.6) is 0 Å². The van der Waals surface area contributed by atoms with Gasteiger partial charge in [-0.05, 0) is 32.6 Å². The summed E-state index contributed by atoms with van der Waals surface area (Å²) in [5.74, 6) is 0.915. The van der Waals surface area contributed by atoms with Crippen molar-refractivity contribution in [2.45, 2.75) is 33.2 Å². The third kappa shape index (κ3) is 1.79. The van der Waals surface area contributed by atoms with E-state index in [0.717, 1.165) is 23.7 Å². The Morgan fingerprint density at radius 1 is 1.69 bits per heavy atom. The third-order valence-electron chi connectivity index (χ3n) is 2.47. The van der Waals surface area contributed by atoms with Crippen LogP contribution in [0.4, 0.5) is 0 Å². The molecule has 0 spiro atoms. The normalized spacial score (nSPS) is 16.2. The van der Waals surface area contributed by atoms with Gasteiger partial charge in [0.05, 0.1) is 11.3 Å². The summed E-state index contributed by atoms with van der Waals surface area (Å²) in [5, 5.41) is 4.31. The molecule has 0 radical (unpaired) electrons. The molecule has 0 atom stereocenters. The summed E-state index contributed by atoms with van der Waals surface area (Å²) in [5.41, 5.74) is 1.62. The van der Waals surface area contributed by atoms with Crippen LogP contribution in [0.2, 0.25) is 0 Å². The zero-order valence-corrected chi connectivity index (χ0v) is 8.08. The minimum atomic E-state index is 0.111. The van der Waals surface area contributed by atoms with E-state index in [9.17, 15) is 4.79 Å². The molecular weight excluding hydrogens is 164 g/mol. The maximum Gasteiger partial charge on any atom is 0.163 e. The fourth-order valence-electron chi connectivity index (χ4n) is 1.52. The van der Waals surface area contributed by atoms with Gasteiger partial charge in [0.1, 0.15) is 0 Å².